The van der Waals surface area contributed by atoms with Crippen LogP contribution in [0.3, 0.4) is 0 Å². The molecule has 3 aromatic carbocycles. The second kappa shape index (κ2) is 14.8. The summed E-state index contributed by atoms with van der Waals surface area (Å²) in [6, 6.07) is 21.5. The number of aromatic nitrogens is 3. The van der Waals surface area contributed by atoms with E-state index in [0.717, 1.165) is 100 Å². The number of hydrogen-bond acceptors (Lipinski definition) is 4. The molecule has 6 heteroatoms. The summed E-state index contributed by atoms with van der Waals surface area (Å²) in [6.07, 6.45) is 4.22. The summed E-state index contributed by atoms with van der Waals surface area (Å²) >= 11 is 0. The van der Waals surface area contributed by atoms with Crippen molar-refractivity contribution in [1.29, 1.82) is 0 Å². The van der Waals surface area contributed by atoms with Crippen molar-refractivity contribution in [3.63, 3.8) is 0 Å². The number of hydrogen-bond donors (Lipinski definition) is 5. The van der Waals surface area contributed by atoms with Gasteiger partial charge >= 0.3 is 0 Å². The molecule has 6 nitrogen and oxygen atoms in total. The van der Waals surface area contributed by atoms with E-state index in [4.69, 9.17) is 4.98 Å². The molecule has 0 saturated carbocycles. The lowest BCUT2D eigenvalue weighted by Crippen LogP contribution is -2.17. The molecule has 63 heavy (non-hydrogen) atoms. The lowest BCUT2D eigenvalue weighted by molar-refractivity contribution is 0.422. The molecule has 6 aromatic rings. The number of rotatable bonds is 3. The van der Waals surface area contributed by atoms with Gasteiger partial charge in [-0.1, -0.05) is 125 Å². The van der Waals surface area contributed by atoms with Gasteiger partial charge in [-0.3, -0.25) is 0 Å². The van der Waals surface area contributed by atoms with Crippen LogP contribution in [0.4, 0.5) is 0 Å². The molecular weight excluding hydrogens is 775 g/mol. The number of aromatic amines is 2. The Labute approximate surface area is 376 Å². The van der Waals surface area contributed by atoms with Gasteiger partial charge in [-0.2, -0.15) is 0 Å². The summed E-state index contributed by atoms with van der Waals surface area (Å²) in [5.41, 5.74) is 14.2. The Morgan fingerprint density at radius 3 is 0.762 bits per heavy atom. The maximum Gasteiger partial charge on any atom is 0.123 e. The normalized spacial score (nSPS) is 13.7. The zero-order chi connectivity index (χ0) is 46.7. The smallest absolute Gasteiger partial charge is 0.123 e. The number of phenolic OH excluding ortho intramolecular Hbond substituents is 3. The first kappa shape index (κ1) is 45.5. The van der Waals surface area contributed by atoms with Gasteiger partial charge in [0.2, 0.25) is 0 Å². The highest BCUT2D eigenvalue weighted by atomic mass is 16.3. The number of H-pyrrole nitrogens is 2. The van der Waals surface area contributed by atoms with Crippen molar-refractivity contribution >= 4 is 34.2 Å². The molecule has 4 heterocycles. The first-order chi connectivity index (χ1) is 28.8. The third kappa shape index (κ3) is 8.39. The van der Waals surface area contributed by atoms with E-state index in [9.17, 15) is 15.3 Å². The number of fused-ring (bicyclic) bond motifs is 6. The zero-order valence-corrected chi connectivity index (χ0v) is 41.2. The molecular formula is C57H71N3O3. The van der Waals surface area contributed by atoms with Crippen LogP contribution in [-0.4, -0.2) is 30.3 Å². The van der Waals surface area contributed by atoms with Crippen LogP contribution in [-0.2, 0) is 32.5 Å². The summed E-state index contributed by atoms with van der Waals surface area (Å²) in [6.45, 7) is 38.7. The van der Waals surface area contributed by atoms with E-state index in [2.05, 4.69) is 207 Å². The Morgan fingerprint density at radius 2 is 0.540 bits per heavy atom. The van der Waals surface area contributed by atoms with Crippen molar-refractivity contribution in [2.75, 3.05) is 0 Å². The fourth-order valence-corrected chi connectivity index (χ4v) is 9.12. The summed E-state index contributed by atoms with van der Waals surface area (Å²) in [4.78, 5) is 13.3. The molecule has 0 amide bonds. The molecule has 0 saturated heterocycles. The molecule has 0 fully saturated rings. The first-order valence-corrected chi connectivity index (χ1v) is 22.6. The van der Waals surface area contributed by atoms with Crippen molar-refractivity contribution in [2.24, 2.45) is 0 Å². The van der Waals surface area contributed by atoms with Gasteiger partial charge < -0.3 is 25.3 Å². The van der Waals surface area contributed by atoms with Gasteiger partial charge in [0.05, 0.1) is 11.4 Å². The monoisotopic (exact) mass is 846 g/mol. The third-order valence-corrected chi connectivity index (χ3v) is 12.6. The predicted octanol–water partition coefficient (Wildman–Crippen LogP) is 15.6. The molecule has 1 aliphatic heterocycles. The average molecular weight is 846 g/mol. The number of nitrogens with one attached hydrogen (secondary N) is 2. The Morgan fingerprint density at radius 1 is 0.333 bits per heavy atom. The molecule has 1 aliphatic rings. The molecule has 332 valence electrons. The minimum atomic E-state index is -0.341. The number of phenols is 3. The van der Waals surface area contributed by atoms with Crippen LogP contribution < -0.4 is 0 Å². The summed E-state index contributed by atoms with van der Waals surface area (Å²) in [5.74, 6) is 0.997. The summed E-state index contributed by atoms with van der Waals surface area (Å²) in [7, 11) is 0. The van der Waals surface area contributed by atoms with E-state index in [1.165, 1.54) is 0 Å². The second-order valence-corrected chi connectivity index (χ2v) is 24.2. The van der Waals surface area contributed by atoms with E-state index in [-0.39, 0.29) is 32.5 Å². The largest absolute Gasteiger partial charge is 0.507 e. The minimum absolute atomic E-state index is 0.330. The maximum atomic E-state index is 11.9. The van der Waals surface area contributed by atoms with Crippen LogP contribution in [0.5, 0.6) is 17.2 Å². The van der Waals surface area contributed by atoms with Gasteiger partial charge in [-0.05, 0) is 122 Å². The molecule has 5 N–H and O–H groups in total. The molecule has 3 aromatic heterocycles. The van der Waals surface area contributed by atoms with Crippen molar-refractivity contribution in [3.05, 3.63) is 105 Å². The Balaban J connectivity index is 1.74. The summed E-state index contributed by atoms with van der Waals surface area (Å²) in [5, 5.41) is 35.6. The average Bonchev–Trinajstić information content (AvgIpc) is 3.90. The highest BCUT2D eigenvalue weighted by Gasteiger charge is 2.32. The van der Waals surface area contributed by atoms with Gasteiger partial charge in [-0.15, -0.1) is 0 Å². The van der Waals surface area contributed by atoms with Gasteiger partial charge in [0.15, 0.2) is 0 Å². The van der Waals surface area contributed by atoms with Crippen LogP contribution >= 0.6 is 0 Å². The van der Waals surface area contributed by atoms with Gasteiger partial charge in [-0.25, -0.2) is 4.98 Å². The van der Waals surface area contributed by atoms with Crippen LogP contribution in [0, 0.1) is 0 Å². The van der Waals surface area contributed by atoms with Gasteiger partial charge in [0.1, 0.15) is 17.2 Å². The number of benzene rings is 3. The number of aromatic hydroxyl groups is 3. The molecule has 0 aliphatic carbocycles. The molecule has 0 radical (unpaired) electrons. The molecule has 6 bridgehead atoms. The van der Waals surface area contributed by atoms with E-state index < -0.39 is 0 Å². The highest BCUT2D eigenvalue weighted by molar-refractivity contribution is 6.01. The maximum absolute atomic E-state index is 11.9. The SMILES string of the molecule is CC(C)(C)c1cc(-c2c3nc(c(-c4cc(C(C)(C)C)c(O)c(C(C)(C)C)c4)c4ccc([nH]4)c(-c4cc(C(C)(C)C)c(O)c(C(C)(C)C)c4)c4ccc2[nH]4)C=C3)cc(C(C)(C)C)c1O. The van der Waals surface area contributed by atoms with Gasteiger partial charge in [0, 0.05) is 72.1 Å². The molecule has 0 unspecified atom stereocenters. The van der Waals surface area contributed by atoms with Crippen molar-refractivity contribution in [2.45, 2.75) is 157 Å². The molecule has 0 spiro atoms. The fourth-order valence-electron chi connectivity index (χ4n) is 9.12. The Kier molecular flexibility index (Phi) is 10.7. The van der Waals surface area contributed by atoms with Crippen molar-refractivity contribution < 1.29 is 15.3 Å². The standard InChI is InChI=1S/C57H71N3O3/c1-52(2,3)34-25-31(26-35(49(34)61)53(4,5)6)46-40-19-21-42(58-40)47(32-27-36(54(7,8)9)50(62)37(28-32)55(10,11)12)44-23-24-45(60-44)48(43-22-20-41(46)59-43)33-29-38(56(13,14)15)51(63)39(30-33)57(16,17)18/h19-30,58-59,61-63H,1-18H3. The van der Waals surface area contributed by atoms with Crippen molar-refractivity contribution in [1.82, 2.24) is 15.0 Å². The topological polar surface area (TPSA) is 105 Å². The lowest BCUT2D eigenvalue weighted by Gasteiger charge is -2.28. The highest BCUT2D eigenvalue weighted by Crippen LogP contribution is 2.48. The van der Waals surface area contributed by atoms with Crippen LogP contribution in [0.25, 0.3) is 67.6 Å². The van der Waals surface area contributed by atoms with Crippen LogP contribution in [0.2, 0.25) is 0 Å². The summed E-state index contributed by atoms with van der Waals surface area (Å²) < 4.78 is 0. The van der Waals surface area contributed by atoms with E-state index >= 15 is 0 Å². The molecule has 7 rings (SSSR count). The van der Waals surface area contributed by atoms with Gasteiger partial charge in [0.25, 0.3) is 0 Å². The predicted molar refractivity (Wildman–Crippen MR) is 268 cm³/mol. The lowest BCUT2D eigenvalue weighted by atomic mass is 9.77. The van der Waals surface area contributed by atoms with E-state index in [1.54, 1.807) is 0 Å². The Bertz CT molecular complexity index is 2650. The number of nitrogens with zero attached hydrogens (tertiary/aromatic N) is 1. The Hall–Kier alpha value is -5.49. The molecule has 0 atom stereocenters. The first-order valence-electron chi connectivity index (χ1n) is 22.6. The zero-order valence-electron chi connectivity index (χ0n) is 41.2. The fraction of sp³-hybridized carbons (Fsp3) is 0.421. The van der Waals surface area contributed by atoms with Crippen molar-refractivity contribution in [3.8, 4) is 50.6 Å². The van der Waals surface area contributed by atoms with Crippen LogP contribution in [0.1, 0.15) is 169 Å². The quantitative estimate of drug-likeness (QED) is 0.122. The van der Waals surface area contributed by atoms with E-state index in [0.29, 0.717) is 17.2 Å². The van der Waals surface area contributed by atoms with E-state index in [1.807, 2.05) is 0 Å². The third-order valence-electron chi connectivity index (χ3n) is 12.6. The minimum Gasteiger partial charge on any atom is -0.507 e. The van der Waals surface area contributed by atoms with Crippen LogP contribution in [0.15, 0.2) is 60.7 Å². The second-order valence-electron chi connectivity index (χ2n) is 24.2.